The van der Waals surface area contributed by atoms with Crippen LogP contribution in [-0.4, -0.2) is 20.9 Å². The van der Waals surface area contributed by atoms with E-state index in [0.29, 0.717) is 32.7 Å². The normalized spacial score (nSPS) is 10.5. The van der Waals surface area contributed by atoms with Crippen LogP contribution in [-0.2, 0) is 0 Å². The molecule has 0 bridgehead atoms. The van der Waals surface area contributed by atoms with Crippen LogP contribution in [0.4, 0.5) is 11.4 Å². The van der Waals surface area contributed by atoms with E-state index in [1.165, 1.54) is 11.3 Å². The molecule has 0 unspecified atom stereocenters. The first kappa shape index (κ1) is 18.9. The van der Waals surface area contributed by atoms with Gasteiger partial charge in [0.05, 0.1) is 4.88 Å². The number of carbonyl (C=O) groups excluding carboxylic acids is 1. The molecule has 3 aromatic heterocycles. The molecule has 0 fully saturated rings. The van der Waals surface area contributed by atoms with Gasteiger partial charge in [-0.05, 0) is 42.5 Å². The molecule has 0 atom stereocenters. The molecule has 144 valence electrons. The van der Waals surface area contributed by atoms with Crippen molar-refractivity contribution in [3.8, 4) is 23.0 Å². The van der Waals surface area contributed by atoms with Gasteiger partial charge in [-0.3, -0.25) is 9.78 Å². The molecule has 0 radical (unpaired) electrons. The second kappa shape index (κ2) is 8.26. The Morgan fingerprint density at radius 3 is 2.66 bits per heavy atom. The van der Waals surface area contributed by atoms with Crippen molar-refractivity contribution >= 4 is 40.2 Å². The SMILES string of the molecule is Nc1cc(Cl)cc(NC(=O)c2cc(-c3ncccc3Oc3ncccn3)cs2)c1. The zero-order valence-corrected chi connectivity index (χ0v) is 16.4. The number of halogens is 1. The average Bonchev–Trinajstić information content (AvgIpc) is 3.19. The zero-order valence-electron chi connectivity index (χ0n) is 14.9. The summed E-state index contributed by atoms with van der Waals surface area (Å²) in [5.74, 6) is 0.221. The van der Waals surface area contributed by atoms with Crippen LogP contribution in [0.25, 0.3) is 11.3 Å². The Bertz CT molecular complexity index is 1150. The highest BCUT2D eigenvalue weighted by molar-refractivity contribution is 7.12. The summed E-state index contributed by atoms with van der Waals surface area (Å²) >= 11 is 7.28. The molecule has 3 heterocycles. The van der Waals surface area contributed by atoms with Crippen LogP contribution >= 0.6 is 22.9 Å². The predicted octanol–water partition coefficient (Wildman–Crippen LogP) is 4.88. The maximum absolute atomic E-state index is 12.6. The predicted molar refractivity (Wildman–Crippen MR) is 113 cm³/mol. The number of benzene rings is 1. The molecule has 29 heavy (non-hydrogen) atoms. The Balaban J connectivity index is 1.57. The van der Waals surface area contributed by atoms with Gasteiger partial charge in [-0.25, -0.2) is 9.97 Å². The minimum Gasteiger partial charge on any atom is -0.422 e. The molecular formula is C20H14ClN5O2S. The van der Waals surface area contributed by atoms with Crippen molar-refractivity contribution in [3.63, 3.8) is 0 Å². The van der Waals surface area contributed by atoms with Crippen molar-refractivity contribution in [1.82, 2.24) is 15.0 Å². The number of pyridine rings is 1. The number of ether oxygens (including phenoxy) is 1. The molecule has 1 amide bonds. The Hall–Kier alpha value is -3.49. The lowest BCUT2D eigenvalue weighted by molar-refractivity contribution is 0.103. The smallest absolute Gasteiger partial charge is 0.321 e. The van der Waals surface area contributed by atoms with E-state index in [9.17, 15) is 4.79 Å². The second-order valence-electron chi connectivity index (χ2n) is 5.91. The van der Waals surface area contributed by atoms with Gasteiger partial charge >= 0.3 is 6.01 Å². The van der Waals surface area contributed by atoms with Gasteiger partial charge in [0.15, 0.2) is 5.75 Å². The van der Waals surface area contributed by atoms with Crippen molar-refractivity contribution in [3.05, 3.63) is 76.3 Å². The van der Waals surface area contributed by atoms with Gasteiger partial charge in [0, 0.05) is 45.9 Å². The summed E-state index contributed by atoms with van der Waals surface area (Å²) in [6, 6.07) is 12.1. The first-order chi connectivity index (χ1) is 14.1. The lowest BCUT2D eigenvalue weighted by atomic mass is 10.2. The van der Waals surface area contributed by atoms with E-state index in [4.69, 9.17) is 22.1 Å². The van der Waals surface area contributed by atoms with E-state index in [-0.39, 0.29) is 11.9 Å². The molecule has 7 nitrogen and oxygen atoms in total. The number of nitrogens with two attached hydrogens (primary N) is 1. The molecule has 0 aliphatic carbocycles. The summed E-state index contributed by atoms with van der Waals surface area (Å²) in [6.07, 6.45) is 4.84. The number of thiophene rings is 1. The van der Waals surface area contributed by atoms with E-state index in [0.717, 1.165) is 5.56 Å². The standard InChI is InChI=1S/C20H14ClN5O2S/c21-13-8-14(22)10-15(9-13)26-19(27)17-7-12(11-29-17)18-16(3-1-4-23-18)28-20-24-5-2-6-25-20/h1-11H,22H2,(H,26,27). The fourth-order valence-corrected chi connectivity index (χ4v) is 3.61. The highest BCUT2D eigenvalue weighted by Gasteiger charge is 2.15. The Kier molecular flexibility index (Phi) is 5.37. The Morgan fingerprint density at radius 1 is 1.07 bits per heavy atom. The molecular weight excluding hydrogens is 410 g/mol. The van der Waals surface area contributed by atoms with Crippen LogP contribution in [0.15, 0.2) is 66.4 Å². The van der Waals surface area contributed by atoms with Crippen LogP contribution in [0.1, 0.15) is 9.67 Å². The van der Waals surface area contributed by atoms with E-state index in [1.54, 1.807) is 61.1 Å². The van der Waals surface area contributed by atoms with E-state index in [1.807, 2.05) is 5.38 Å². The molecule has 4 aromatic rings. The molecule has 4 rings (SSSR count). The molecule has 0 aliphatic rings. The molecule has 0 saturated heterocycles. The molecule has 0 spiro atoms. The zero-order chi connectivity index (χ0) is 20.2. The van der Waals surface area contributed by atoms with Gasteiger partial charge in [0.1, 0.15) is 5.69 Å². The van der Waals surface area contributed by atoms with Gasteiger partial charge in [0.2, 0.25) is 0 Å². The second-order valence-corrected chi connectivity index (χ2v) is 7.26. The number of amides is 1. The van der Waals surface area contributed by atoms with Gasteiger partial charge in [-0.2, -0.15) is 0 Å². The lowest BCUT2D eigenvalue weighted by Gasteiger charge is -2.07. The van der Waals surface area contributed by atoms with Crippen molar-refractivity contribution in [2.75, 3.05) is 11.1 Å². The van der Waals surface area contributed by atoms with Crippen LogP contribution in [0.3, 0.4) is 0 Å². The molecule has 0 saturated carbocycles. The van der Waals surface area contributed by atoms with Gasteiger partial charge in [-0.15, -0.1) is 11.3 Å². The number of aromatic nitrogens is 3. The van der Waals surface area contributed by atoms with E-state index >= 15 is 0 Å². The lowest BCUT2D eigenvalue weighted by Crippen LogP contribution is -2.10. The largest absolute Gasteiger partial charge is 0.422 e. The van der Waals surface area contributed by atoms with Gasteiger partial charge < -0.3 is 15.8 Å². The average molecular weight is 424 g/mol. The number of rotatable bonds is 5. The maximum Gasteiger partial charge on any atom is 0.321 e. The fourth-order valence-electron chi connectivity index (χ4n) is 2.58. The van der Waals surface area contributed by atoms with Crippen molar-refractivity contribution in [2.45, 2.75) is 0 Å². The quantitative estimate of drug-likeness (QED) is 0.443. The fraction of sp³-hybridized carbons (Fsp3) is 0. The van der Waals surface area contributed by atoms with E-state index < -0.39 is 0 Å². The van der Waals surface area contributed by atoms with Crippen LogP contribution in [0.5, 0.6) is 11.8 Å². The van der Waals surface area contributed by atoms with Gasteiger partial charge in [-0.1, -0.05) is 11.6 Å². The number of carbonyl (C=O) groups is 1. The minimum atomic E-state index is -0.271. The minimum absolute atomic E-state index is 0.216. The summed E-state index contributed by atoms with van der Waals surface area (Å²) in [6.45, 7) is 0. The van der Waals surface area contributed by atoms with Crippen molar-refractivity contribution in [1.29, 1.82) is 0 Å². The molecule has 0 aliphatic heterocycles. The van der Waals surface area contributed by atoms with E-state index in [2.05, 4.69) is 20.3 Å². The van der Waals surface area contributed by atoms with Gasteiger partial charge in [0.25, 0.3) is 5.91 Å². The number of anilines is 2. The van der Waals surface area contributed by atoms with Crippen molar-refractivity contribution < 1.29 is 9.53 Å². The van der Waals surface area contributed by atoms with Crippen molar-refractivity contribution in [2.24, 2.45) is 0 Å². The van der Waals surface area contributed by atoms with Crippen LogP contribution in [0, 0.1) is 0 Å². The topological polar surface area (TPSA) is 103 Å². The maximum atomic E-state index is 12.6. The highest BCUT2D eigenvalue weighted by Crippen LogP contribution is 2.33. The summed E-state index contributed by atoms with van der Waals surface area (Å²) in [4.78, 5) is 25.6. The third kappa shape index (κ3) is 4.50. The Labute approximate surface area is 175 Å². The Morgan fingerprint density at radius 2 is 1.86 bits per heavy atom. The summed E-state index contributed by atoms with van der Waals surface area (Å²) in [7, 11) is 0. The monoisotopic (exact) mass is 423 g/mol. The summed E-state index contributed by atoms with van der Waals surface area (Å²) in [5.41, 5.74) is 8.10. The summed E-state index contributed by atoms with van der Waals surface area (Å²) in [5, 5.41) is 5.08. The first-order valence-electron chi connectivity index (χ1n) is 8.45. The van der Waals surface area contributed by atoms with Crippen LogP contribution in [0.2, 0.25) is 5.02 Å². The third-order valence-corrected chi connectivity index (χ3v) is 4.94. The number of nitrogen functional groups attached to an aromatic ring is 1. The highest BCUT2D eigenvalue weighted by atomic mass is 35.5. The van der Waals surface area contributed by atoms with Crippen LogP contribution < -0.4 is 15.8 Å². The first-order valence-corrected chi connectivity index (χ1v) is 9.70. The number of hydrogen-bond acceptors (Lipinski definition) is 7. The number of nitrogens with one attached hydrogen (secondary N) is 1. The number of hydrogen-bond donors (Lipinski definition) is 2. The molecule has 1 aromatic carbocycles. The molecule has 3 N–H and O–H groups in total. The molecule has 9 heteroatoms. The number of nitrogens with zero attached hydrogens (tertiary/aromatic N) is 3. The summed E-state index contributed by atoms with van der Waals surface area (Å²) < 4.78 is 5.75. The third-order valence-electron chi connectivity index (χ3n) is 3.79.